The van der Waals surface area contributed by atoms with Gasteiger partial charge in [-0.1, -0.05) is 46.1 Å². The van der Waals surface area contributed by atoms with Crippen LogP contribution in [0.3, 0.4) is 0 Å². The van der Waals surface area contributed by atoms with Gasteiger partial charge in [0, 0.05) is 10.9 Å². The molecule has 2 aromatic rings. The highest BCUT2D eigenvalue weighted by Gasteiger charge is 2.22. The van der Waals surface area contributed by atoms with E-state index in [4.69, 9.17) is 27.6 Å². The number of aryl methyl sites for hydroxylation is 1. The van der Waals surface area contributed by atoms with Crippen LogP contribution in [0.1, 0.15) is 18.6 Å². The van der Waals surface area contributed by atoms with Gasteiger partial charge in [-0.25, -0.2) is 18.1 Å². The second kappa shape index (κ2) is 6.66. The Labute approximate surface area is 140 Å². The molecule has 0 atom stereocenters. The number of aromatic nitrogens is 1. The van der Waals surface area contributed by atoms with E-state index in [1.165, 1.54) is 12.1 Å². The molecule has 0 saturated carbocycles. The third kappa shape index (κ3) is 3.98. The molecule has 0 unspecified atom stereocenters. The Morgan fingerprint density at radius 2 is 1.95 bits per heavy atom. The molecule has 0 fully saturated rings. The molecule has 2 rings (SSSR count). The van der Waals surface area contributed by atoms with Gasteiger partial charge >= 0.3 is 0 Å². The van der Waals surface area contributed by atoms with Gasteiger partial charge in [0.1, 0.15) is 10.7 Å². The van der Waals surface area contributed by atoms with Crippen LogP contribution in [0.25, 0.3) is 0 Å². The number of rotatable bonds is 5. The van der Waals surface area contributed by atoms with E-state index in [1.807, 2.05) is 6.92 Å². The summed E-state index contributed by atoms with van der Waals surface area (Å²) >= 11 is 15.1. The lowest BCUT2D eigenvalue weighted by atomic mass is 10.4. The van der Waals surface area contributed by atoms with Crippen molar-refractivity contribution in [1.82, 2.24) is 9.71 Å². The van der Waals surface area contributed by atoms with Crippen LogP contribution in [-0.4, -0.2) is 13.4 Å². The van der Waals surface area contributed by atoms with E-state index in [2.05, 4.69) is 25.6 Å². The van der Waals surface area contributed by atoms with Crippen molar-refractivity contribution < 1.29 is 12.8 Å². The first-order valence-corrected chi connectivity index (χ1v) is 8.94. The van der Waals surface area contributed by atoms with Crippen molar-refractivity contribution in [1.29, 1.82) is 0 Å². The van der Waals surface area contributed by atoms with Gasteiger partial charge in [0.05, 0.1) is 22.8 Å². The smallest absolute Gasteiger partial charge is 0.244 e. The summed E-state index contributed by atoms with van der Waals surface area (Å²) in [6.07, 6.45) is 2.24. The minimum absolute atomic E-state index is 0.0310. The summed E-state index contributed by atoms with van der Waals surface area (Å²) in [6, 6.07) is 2.92. The maximum Gasteiger partial charge on any atom is 0.244 e. The van der Waals surface area contributed by atoms with E-state index < -0.39 is 10.0 Å². The molecule has 1 heterocycles. The molecular weight excluding hydrogens is 403 g/mol. The SMILES string of the molecule is CCc1cnc(CNS(=O)(=O)c2c(Cl)cc(Br)cc2Cl)o1. The molecule has 1 aromatic heterocycles. The van der Waals surface area contributed by atoms with Crippen molar-refractivity contribution in [2.45, 2.75) is 24.8 Å². The van der Waals surface area contributed by atoms with Gasteiger partial charge in [0.15, 0.2) is 0 Å². The summed E-state index contributed by atoms with van der Waals surface area (Å²) in [5.41, 5.74) is 0. The Bertz CT molecular complexity index is 739. The van der Waals surface area contributed by atoms with Crippen LogP contribution < -0.4 is 4.72 Å². The van der Waals surface area contributed by atoms with Crippen molar-refractivity contribution in [3.8, 4) is 0 Å². The van der Waals surface area contributed by atoms with Gasteiger partial charge in [0.2, 0.25) is 15.9 Å². The standard InChI is InChI=1S/C12H11BrCl2N2O3S/c1-2-8-5-16-11(20-8)6-17-21(18,19)12-9(14)3-7(13)4-10(12)15/h3-5,17H,2,6H2,1H3. The zero-order chi connectivity index (χ0) is 15.6. The summed E-state index contributed by atoms with van der Waals surface area (Å²) in [5, 5.41) is 0.0621. The van der Waals surface area contributed by atoms with Crippen LogP contribution in [-0.2, 0) is 23.0 Å². The van der Waals surface area contributed by atoms with Crippen molar-refractivity contribution in [2.24, 2.45) is 0 Å². The first kappa shape index (κ1) is 16.8. The maximum atomic E-state index is 12.3. The average Bonchev–Trinajstić information content (AvgIpc) is 2.82. The Kier molecular flexibility index (Phi) is 5.32. The molecule has 21 heavy (non-hydrogen) atoms. The van der Waals surface area contributed by atoms with Crippen LogP contribution >= 0.6 is 39.1 Å². The molecular formula is C12H11BrCl2N2O3S. The van der Waals surface area contributed by atoms with Crippen molar-refractivity contribution >= 4 is 49.2 Å². The van der Waals surface area contributed by atoms with Crippen LogP contribution in [0.2, 0.25) is 10.0 Å². The highest BCUT2D eigenvalue weighted by atomic mass is 79.9. The van der Waals surface area contributed by atoms with E-state index >= 15 is 0 Å². The zero-order valence-electron chi connectivity index (χ0n) is 10.9. The Balaban J connectivity index is 2.23. The topological polar surface area (TPSA) is 72.2 Å². The number of halogens is 3. The number of sulfonamides is 1. The largest absolute Gasteiger partial charge is 0.444 e. The van der Waals surface area contributed by atoms with Crippen molar-refractivity contribution in [2.75, 3.05) is 0 Å². The summed E-state index contributed by atoms with van der Waals surface area (Å²) in [6.45, 7) is 1.83. The van der Waals surface area contributed by atoms with Gasteiger partial charge in [0.25, 0.3) is 0 Å². The predicted octanol–water partition coefficient (Wildman–Crippen LogP) is 3.78. The molecule has 5 nitrogen and oxygen atoms in total. The number of hydrogen-bond acceptors (Lipinski definition) is 4. The van der Waals surface area contributed by atoms with Crippen molar-refractivity contribution in [3.05, 3.63) is 44.5 Å². The number of nitrogens with one attached hydrogen (secondary N) is 1. The fourth-order valence-corrected chi connectivity index (χ4v) is 4.51. The normalized spacial score (nSPS) is 11.8. The molecule has 0 saturated heterocycles. The molecule has 114 valence electrons. The van der Waals surface area contributed by atoms with Crippen LogP contribution in [0.5, 0.6) is 0 Å². The molecule has 0 bridgehead atoms. The lowest BCUT2D eigenvalue weighted by Crippen LogP contribution is -2.24. The Hall–Kier alpha value is -0.600. The van der Waals surface area contributed by atoms with E-state index in [0.29, 0.717) is 16.7 Å². The highest BCUT2D eigenvalue weighted by Crippen LogP contribution is 2.32. The lowest BCUT2D eigenvalue weighted by molar-refractivity contribution is 0.452. The number of benzene rings is 1. The van der Waals surface area contributed by atoms with Gasteiger partial charge in [-0.3, -0.25) is 0 Å². The lowest BCUT2D eigenvalue weighted by Gasteiger charge is -2.09. The summed E-state index contributed by atoms with van der Waals surface area (Å²) in [4.78, 5) is 3.81. The third-order valence-electron chi connectivity index (χ3n) is 2.60. The number of nitrogens with zero attached hydrogens (tertiary/aromatic N) is 1. The summed E-state index contributed by atoms with van der Waals surface area (Å²) in [5.74, 6) is 0.962. The van der Waals surface area contributed by atoms with Crippen LogP contribution in [0, 0.1) is 0 Å². The Morgan fingerprint density at radius 3 is 2.48 bits per heavy atom. The first-order valence-electron chi connectivity index (χ1n) is 5.91. The summed E-state index contributed by atoms with van der Waals surface area (Å²) < 4.78 is 32.8. The van der Waals surface area contributed by atoms with Crippen LogP contribution in [0.4, 0.5) is 0 Å². The zero-order valence-corrected chi connectivity index (χ0v) is 14.8. The van der Waals surface area contributed by atoms with E-state index in [0.717, 1.165) is 0 Å². The van der Waals surface area contributed by atoms with E-state index in [1.54, 1.807) is 6.20 Å². The fourth-order valence-electron chi connectivity index (χ4n) is 1.61. The number of oxazole rings is 1. The predicted molar refractivity (Wildman–Crippen MR) is 84.1 cm³/mol. The Morgan fingerprint density at radius 1 is 1.33 bits per heavy atom. The molecule has 1 aromatic carbocycles. The van der Waals surface area contributed by atoms with Gasteiger partial charge in [-0.05, 0) is 12.1 Å². The quantitative estimate of drug-likeness (QED) is 0.809. The fraction of sp³-hybridized carbons (Fsp3) is 0.250. The highest BCUT2D eigenvalue weighted by molar-refractivity contribution is 9.10. The molecule has 0 aliphatic carbocycles. The monoisotopic (exact) mass is 412 g/mol. The average molecular weight is 414 g/mol. The maximum absolute atomic E-state index is 12.3. The van der Waals surface area contributed by atoms with Gasteiger partial charge < -0.3 is 4.42 Å². The second-order valence-corrected chi connectivity index (χ2v) is 7.53. The van der Waals surface area contributed by atoms with Gasteiger partial charge in [-0.15, -0.1) is 0 Å². The van der Waals surface area contributed by atoms with Crippen LogP contribution in [0.15, 0.2) is 32.1 Å². The van der Waals surface area contributed by atoms with E-state index in [-0.39, 0.29) is 27.4 Å². The molecule has 1 N–H and O–H groups in total. The number of hydrogen-bond donors (Lipinski definition) is 1. The molecule has 0 spiro atoms. The molecule has 0 amide bonds. The minimum Gasteiger partial charge on any atom is -0.444 e. The van der Waals surface area contributed by atoms with Gasteiger partial charge in [-0.2, -0.15) is 0 Å². The second-order valence-electron chi connectivity index (χ2n) is 4.10. The molecule has 0 aliphatic rings. The molecule has 9 heteroatoms. The summed E-state index contributed by atoms with van der Waals surface area (Å²) in [7, 11) is -3.87. The third-order valence-corrected chi connectivity index (χ3v) is 5.37. The van der Waals surface area contributed by atoms with Crippen molar-refractivity contribution in [3.63, 3.8) is 0 Å². The molecule has 0 aliphatic heterocycles. The molecule has 0 radical (unpaired) electrons. The minimum atomic E-state index is -3.87. The van der Waals surface area contributed by atoms with E-state index in [9.17, 15) is 8.42 Å². The first-order chi connectivity index (χ1) is 9.83.